The van der Waals surface area contributed by atoms with E-state index >= 15 is 0 Å². The lowest BCUT2D eigenvalue weighted by molar-refractivity contribution is 0.0744. The molecule has 0 saturated carbocycles. The molecule has 7 nitrogen and oxygen atoms in total. The molecule has 0 radical (unpaired) electrons. The van der Waals surface area contributed by atoms with Gasteiger partial charge in [-0.3, -0.25) is 9.48 Å². The smallest absolute Gasteiger partial charge is 0.257 e. The number of carbonyl (C=O) groups is 1. The molecule has 0 saturated heterocycles. The Morgan fingerprint density at radius 2 is 2.12 bits per heavy atom. The first-order valence-electron chi connectivity index (χ1n) is 8.61. The van der Waals surface area contributed by atoms with Gasteiger partial charge in [0.05, 0.1) is 23.5 Å². The van der Waals surface area contributed by atoms with Crippen molar-refractivity contribution >= 4 is 5.91 Å². The summed E-state index contributed by atoms with van der Waals surface area (Å²) in [5.41, 5.74) is 2.24. The second-order valence-corrected chi connectivity index (χ2v) is 6.97. The lowest BCUT2D eigenvalue weighted by Crippen LogP contribution is -2.30. The summed E-state index contributed by atoms with van der Waals surface area (Å²) in [6.45, 7) is 6.10. The van der Waals surface area contributed by atoms with E-state index in [4.69, 9.17) is 4.42 Å². The molecular weight excluding hydrogens is 320 g/mol. The Balaban J connectivity index is 1.80. The van der Waals surface area contributed by atoms with Gasteiger partial charge >= 0.3 is 0 Å². The fourth-order valence-electron chi connectivity index (χ4n) is 3.27. The highest BCUT2D eigenvalue weighted by Crippen LogP contribution is 2.22. The molecule has 1 amide bonds. The molecule has 7 heteroatoms. The van der Waals surface area contributed by atoms with Gasteiger partial charge in [0.15, 0.2) is 0 Å². The maximum absolute atomic E-state index is 12.9. The third kappa shape index (κ3) is 3.77. The van der Waals surface area contributed by atoms with Crippen LogP contribution in [0.25, 0.3) is 0 Å². The van der Waals surface area contributed by atoms with E-state index in [1.54, 1.807) is 6.07 Å². The van der Waals surface area contributed by atoms with Crippen LogP contribution in [0.1, 0.15) is 45.8 Å². The van der Waals surface area contributed by atoms with Gasteiger partial charge in [-0.25, -0.2) is 0 Å². The largest absolute Gasteiger partial charge is 0.466 e. The van der Waals surface area contributed by atoms with Crippen molar-refractivity contribution in [3.63, 3.8) is 0 Å². The predicted molar refractivity (Wildman–Crippen MR) is 93.3 cm³/mol. The van der Waals surface area contributed by atoms with Crippen LogP contribution in [-0.2, 0) is 13.1 Å². The molecule has 0 bridgehead atoms. The van der Waals surface area contributed by atoms with E-state index < -0.39 is 6.10 Å². The minimum Gasteiger partial charge on any atom is -0.466 e. The number of carbonyl (C=O) groups excluding carboxylic acids is 1. The van der Waals surface area contributed by atoms with Crippen molar-refractivity contribution in [2.24, 2.45) is 0 Å². The third-order valence-corrected chi connectivity index (χ3v) is 4.47. The van der Waals surface area contributed by atoms with E-state index in [9.17, 15) is 9.90 Å². The van der Waals surface area contributed by atoms with E-state index in [1.807, 2.05) is 48.5 Å². The van der Waals surface area contributed by atoms with Gasteiger partial charge in [0, 0.05) is 19.6 Å². The van der Waals surface area contributed by atoms with E-state index in [2.05, 4.69) is 5.10 Å². The highest BCUT2D eigenvalue weighted by molar-refractivity contribution is 5.95. The van der Waals surface area contributed by atoms with Crippen LogP contribution in [0.2, 0.25) is 0 Å². The van der Waals surface area contributed by atoms with Gasteiger partial charge in [0.1, 0.15) is 17.6 Å². The first-order valence-corrected chi connectivity index (χ1v) is 8.61. The molecule has 2 aromatic rings. The summed E-state index contributed by atoms with van der Waals surface area (Å²) in [5.74, 6) is 1.39. The first kappa shape index (κ1) is 17.7. The highest BCUT2D eigenvalue weighted by atomic mass is 16.3. The van der Waals surface area contributed by atoms with Crippen LogP contribution < -0.4 is 0 Å². The number of amides is 1. The molecule has 136 valence electrons. The van der Waals surface area contributed by atoms with Gasteiger partial charge in [-0.2, -0.15) is 5.10 Å². The number of fused-ring (bicyclic) bond motifs is 1. The number of rotatable bonds is 4. The van der Waals surface area contributed by atoms with E-state index in [-0.39, 0.29) is 5.91 Å². The summed E-state index contributed by atoms with van der Waals surface area (Å²) >= 11 is 0. The number of aliphatic hydroxyl groups is 1. The highest BCUT2D eigenvalue weighted by Gasteiger charge is 2.25. The van der Waals surface area contributed by atoms with Gasteiger partial charge in [0.25, 0.3) is 5.91 Å². The molecular formula is C18H26N4O3. The Bertz CT molecular complexity index is 762. The number of furan rings is 1. The van der Waals surface area contributed by atoms with E-state index in [1.165, 1.54) is 0 Å². The normalized spacial score (nSPS) is 16.0. The van der Waals surface area contributed by atoms with Crippen molar-refractivity contribution in [1.29, 1.82) is 0 Å². The average molecular weight is 346 g/mol. The van der Waals surface area contributed by atoms with Crippen LogP contribution in [0, 0.1) is 13.8 Å². The van der Waals surface area contributed by atoms with Crippen molar-refractivity contribution in [2.45, 2.75) is 39.5 Å². The van der Waals surface area contributed by atoms with Gasteiger partial charge in [-0.15, -0.1) is 0 Å². The van der Waals surface area contributed by atoms with Crippen LogP contribution in [0.4, 0.5) is 0 Å². The van der Waals surface area contributed by atoms with Gasteiger partial charge < -0.3 is 19.3 Å². The first-order chi connectivity index (χ1) is 11.8. The standard InChI is InChI=1S/C18H26N4O3/c1-12-8-15(13(2)25-12)18(24)21-6-5-7-22-14(10-21)9-16(19-22)17(23)11-20(3)4/h8-9,17,23H,5-7,10-11H2,1-4H3/t17-/m0/s1. The summed E-state index contributed by atoms with van der Waals surface area (Å²) in [5, 5.41) is 14.8. The lowest BCUT2D eigenvalue weighted by Gasteiger charge is -2.19. The van der Waals surface area contributed by atoms with Gasteiger partial charge in [-0.1, -0.05) is 0 Å². The fraction of sp³-hybridized carbons (Fsp3) is 0.556. The number of likely N-dealkylation sites (N-methyl/N-ethyl adjacent to an activating group) is 1. The number of aliphatic hydroxyl groups excluding tert-OH is 1. The predicted octanol–water partition coefficient (Wildman–Crippen LogP) is 1.73. The molecule has 0 unspecified atom stereocenters. The summed E-state index contributed by atoms with van der Waals surface area (Å²) in [4.78, 5) is 16.6. The van der Waals surface area contributed by atoms with Gasteiger partial charge in [-0.05, 0) is 46.5 Å². The molecule has 0 aliphatic carbocycles. The maximum Gasteiger partial charge on any atom is 0.257 e. The van der Waals surface area contributed by atoms with Crippen molar-refractivity contribution < 1.29 is 14.3 Å². The Morgan fingerprint density at radius 3 is 2.76 bits per heavy atom. The molecule has 1 aliphatic heterocycles. The molecule has 3 heterocycles. The van der Waals surface area contributed by atoms with Crippen LogP contribution in [0.3, 0.4) is 0 Å². The van der Waals surface area contributed by atoms with Crippen molar-refractivity contribution in [3.8, 4) is 0 Å². The zero-order valence-corrected chi connectivity index (χ0v) is 15.3. The maximum atomic E-state index is 12.9. The average Bonchev–Trinajstić information content (AvgIpc) is 3.02. The zero-order chi connectivity index (χ0) is 18.1. The monoisotopic (exact) mass is 346 g/mol. The van der Waals surface area contributed by atoms with Crippen LogP contribution >= 0.6 is 0 Å². The summed E-state index contributed by atoms with van der Waals surface area (Å²) in [7, 11) is 3.83. The zero-order valence-electron chi connectivity index (χ0n) is 15.3. The second kappa shape index (κ2) is 7.01. The Kier molecular flexibility index (Phi) is 4.96. The van der Waals surface area contributed by atoms with Crippen molar-refractivity contribution in [3.05, 3.63) is 40.6 Å². The number of hydrogen-bond donors (Lipinski definition) is 1. The summed E-state index contributed by atoms with van der Waals surface area (Å²) in [6, 6.07) is 3.71. The molecule has 0 aromatic carbocycles. The molecule has 0 fully saturated rings. The Hall–Kier alpha value is -2.12. The SMILES string of the molecule is Cc1cc(C(=O)N2CCCn3nc([C@@H](O)CN(C)C)cc3C2)c(C)o1. The Labute approximate surface area is 147 Å². The van der Waals surface area contributed by atoms with Crippen molar-refractivity contribution in [1.82, 2.24) is 19.6 Å². The van der Waals surface area contributed by atoms with Gasteiger partial charge in [0.2, 0.25) is 0 Å². The molecule has 1 N–H and O–H groups in total. The fourth-order valence-corrected chi connectivity index (χ4v) is 3.27. The molecule has 1 aliphatic rings. The number of aryl methyl sites for hydroxylation is 3. The minimum absolute atomic E-state index is 0.0145. The lowest BCUT2D eigenvalue weighted by atomic mass is 10.2. The molecule has 0 spiro atoms. The van der Waals surface area contributed by atoms with Crippen LogP contribution in [0.15, 0.2) is 16.5 Å². The summed E-state index contributed by atoms with van der Waals surface area (Å²) < 4.78 is 7.41. The quantitative estimate of drug-likeness (QED) is 0.913. The van der Waals surface area contributed by atoms with Crippen LogP contribution in [0.5, 0.6) is 0 Å². The summed E-state index contributed by atoms with van der Waals surface area (Å²) in [6.07, 6.45) is 0.205. The van der Waals surface area contributed by atoms with E-state index in [0.717, 1.165) is 24.4 Å². The van der Waals surface area contributed by atoms with E-state index in [0.29, 0.717) is 36.7 Å². The minimum atomic E-state index is -0.627. The van der Waals surface area contributed by atoms with Crippen LogP contribution in [-0.4, -0.2) is 57.8 Å². The number of aromatic nitrogens is 2. The second-order valence-electron chi connectivity index (χ2n) is 6.97. The molecule has 1 atom stereocenters. The Morgan fingerprint density at radius 1 is 1.36 bits per heavy atom. The number of nitrogens with zero attached hydrogens (tertiary/aromatic N) is 4. The molecule has 3 rings (SSSR count). The topological polar surface area (TPSA) is 74.7 Å². The molecule has 2 aromatic heterocycles. The number of hydrogen-bond acceptors (Lipinski definition) is 5. The molecule has 25 heavy (non-hydrogen) atoms. The third-order valence-electron chi connectivity index (χ3n) is 4.47. The van der Waals surface area contributed by atoms with Crippen molar-refractivity contribution in [2.75, 3.05) is 27.2 Å².